The number of nitrogens with two attached hydrogens (primary N) is 1. The standard InChI is InChI=1S/C21H29N3O3/c1-13(2)18(19(25)23-17(12-22)14-8-4-3-5-9-14)24-20(26)15-10-6-7-11-16(15)21(24)27/h6-7,10-11,13-14,17-18H,3-5,8-9,12,22H2,1-2H3,(H,23,25). The van der Waals surface area contributed by atoms with E-state index in [1.807, 2.05) is 13.8 Å². The van der Waals surface area contributed by atoms with Crippen LogP contribution in [-0.2, 0) is 4.79 Å². The Morgan fingerprint density at radius 3 is 2.15 bits per heavy atom. The molecule has 1 aliphatic carbocycles. The van der Waals surface area contributed by atoms with Crippen molar-refractivity contribution in [1.29, 1.82) is 0 Å². The number of amides is 3. The Labute approximate surface area is 160 Å². The third-order valence-electron chi connectivity index (χ3n) is 5.80. The first-order valence-electron chi connectivity index (χ1n) is 9.93. The first-order chi connectivity index (χ1) is 13.0. The topological polar surface area (TPSA) is 92.5 Å². The fourth-order valence-electron chi connectivity index (χ4n) is 4.35. The second-order valence-electron chi connectivity index (χ2n) is 7.96. The number of benzene rings is 1. The summed E-state index contributed by atoms with van der Waals surface area (Å²) in [6, 6.07) is 5.77. The minimum Gasteiger partial charge on any atom is -0.350 e. The van der Waals surface area contributed by atoms with Crippen molar-refractivity contribution in [2.45, 2.75) is 58.0 Å². The van der Waals surface area contributed by atoms with E-state index >= 15 is 0 Å². The molecule has 3 rings (SSSR count). The maximum atomic E-state index is 13.1. The molecule has 1 saturated carbocycles. The summed E-state index contributed by atoms with van der Waals surface area (Å²) in [4.78, 5) is 39.9. The number of rotatable bonds is 6. The molecule has 0 bridgehead atoms. The van der Waals surface area contributed by atoms with Gasteiger partial charge in [-0.25, -0.2) is 0 Å². The Balaban J connectivity index is 1.80. The normalized spacial score (nSPS) is 19.9. The molecule has 2 aliphatic rings. The number of nitrogens with one attached hydrogen (secondary N) is 1. The molecule has 146 valence electrons. The largest absolute Gasteiger partial charge is 0.350 e. The zero-order valence-electron chi connectivity index (χ0n) is 16.1. The summed E-state index contributed by atoms with van der Waals surface area (Å²) in [6.45, 7) is 4.07. The quantitative estimate of drug-likeness (QED) is 0.751. The van der Waals surface area contributed by atoms with E-state index in [-0.39, 0.29) is 17.9 Å². The van der Waals surface area contributed by atoms with Crippen LogP contribution >= 0.6 is 0 Å². The maximum absolute atomic E-state index is 13.1. The first-order valence-corrected chi connectivity index (χ1v) is 9.93. The van der Waals surface area contributed by atoms with Crippen LogP contribution in [0.3, 0.4) is 0 Å². The van der Waals surface area contributed by atoms with Crippen LogP contribution in [0.25, 0.3) is 0 Å². The van der Waals surface area contributed by atoms with E-state index in [4.69, 9.17) is 5.73 Å². The predicted octanol–water partition coefficient (Wildman–Crippen LogP) is 2.33. The number of carbonyl (C=O) groups excluding carboxylic acids is 3. The summed E-state index contributed by atoms with van der Waals surface area (Å²) < 4.78 is 0. The fraction of sp³-hybridized carbons (Fsp3) is 0.571. The molecule has 0 aromatic heterocycles. The van der Waals surface area contributed by atoms with E-state index in [2.05, 4.69) is 5.32 Å². The van der Waals surface area contributed by atoms with Gasteiger partial charge in [-0.15, -0.1) is 0 Å². The van der Waals surface area contributed by atoms with Gasteiger partial charge >= 0.3 is 0 Å². The van der Waals surface area contributed by atoms with E-state index in [9.17, 15) is 14.4 Å². The van der Waals surface area contributed by atoms with Crippen molar-refractivity contribution in [2.24, 2.45) is 17.6 Å². The Morgan fingerprint density at radius 1 is 1.11 bits per heavy atom. The lowest BCUT2D eigenvalue weighted by Crippen LogP contribution is -2.56. The number of hydrogen-bond donors (Lipinski definition) is 2. The molecule has 27 heavy (non-hydrogen) atoms. The Morgan fingerprint density at radius 2 is 1.67 bits per heavy atom. The van der Waals surface area contributed by atoms with Gasteiger partial charge in [0.2, 0.25) is 5.91 Å². The Kier molecular flexibility index (Phi) is 5.95. The first kappa shape index (κ1) is 19.5. The molecular weight excluding hydrogens is 342 g/mol. The van der Waals surface area contributed by atoms with Crippen LogP contribution in [0.15, 0.2) is 24.3 Å². The van der Waals surface area contributed by atoms with Gasteiger partial charge in [0, 0.05) is 12.6 Å². The van der Waals surface area contributed by atoms with Crippen LogP contribution in [0.1, 0.15) is 66.7 Å². The lowest BCUT2D eigenvalue weighted by molar-refractivity contribution is -0.127. The molecule has 1 fully saturated rings. The van der Waals surface area contributed by atoms with Crippen LogP contribution in [0.2, 0.25) is 0 Å². The van der Waals surface area contributed by atoms with E-state index in [1.165, 1.54) is 6.42 Å². The summed E-state index contributed by atoms with van der Waals surface area (Å²) in [5.41, 5.74) is 6.67. The number of carbonyl (C=O) groups is 3. The molecule has 6 nitrogen and oxygen atoms in total. The van der Waals surface area contributed by atoms with Gasteiger partial charge in [-0.2, -0.15) is 0 Å². The summed E-state index contributed by atoms with van der Waals surface area (Å²) in [6.07, 6.45) is 5.65. The highest BCUT2D eigenvalue weighted by Gasteiger charge is 2.44. The number of fused-ring (bicyclic) bond motifs is 1. The second-order valence-corrected chi connectivity index (χ2v) is 7.96. The van der Waals surface area contributed by atoms with E-state index in [1.54, 1.807) is 24.3 Å². The van der Waals surface area contributed by atoms with Gasteiger partial charge < -0.3 is 11.1 Å². The van der Waals surface area contributed by atoms with Crippen LogP contribution < -0.4 is 11.1 Å². The van der Waals surface area contributed by atoms with Gasteiger partial charge in [-0.3, -0.25) is 19.3 Å². The highest BCUT2D eigenvalue weighted by Crippen LogP contribution is 2.29. The van der Waals surface area contributed by atoms with Crippen LogP contribution in [0.4, 0.5) is 0 Å². The zero-order valence-corrected chi connectivity index (χ0v) is 16.1. The van der Waals surface area contributed by atoms with Crippen LogP contribution in [-0.4, -0.2) is 41.2 Å². The smallest absolute Gasteiger partial charge is 0.262 e. The molecule has 0 saturated heterocycles. The summed E-state index contributed by atoms with van der Waals surface area (Å²) in [7, 11) is 0. The number of hydrogen-bond acceptors (Lipinski definition) is 4. The van der Waals surface area contributed by atoms with Crippen molar-refractivity contribution in [3.05, 3.63) is 35.4 Å². The Hall–Kier alpha value is -2.21. The molecule has 1 aliphatic heterocycles. The molecule has 2 atom stereocenters. The van der Waals surface area contributed by atoms with Gasteiger partial charge in [0.25, 0.3) is 11.8 Å². The summed E-state index contributed by atoms with van der Waals surface area (Å²) >= 11 is 0. The van der Waals surface area contributed by atoms with Crippen LogP contribution in [0, 0.1) is 11.8 Å². The average molecular weight is 371 g/mol. The summed E-state index contributed by atoms with van der Waals surface area (Å²) in [5, 5.41) is 3.05. The van der Waals surface area contributed by atoms with E-state index in [0.29, 0.717) is 23.6 Å². The molecule has 1 aromatic carbocycles. The van der Waals surface area contributed by atoms with Crippen molar-refractivity contribution < 1.29 is 14.4 Å². The molecular formula is C21H29N3O3. The zero-order chi connectivity index (χ0) is 19.6. The molecule has 2 unspecified atom stereocenters. The fourth-order valence-corrected chi connectivity index (χ4v) is 4.35. The van der Waals surface area contributed by atoms with Gasteiger partial charge in [-0.1, -0.05) is 45.2 Å². The number of imide groups is 1. The highest BCUT2D eigenvalue weighted by atomic mass is 16.2. The van der Waals surface area contributed by atoms with Gasteiger partial charge in [0.05, 0.1) is 11.1 Å². The van der Waals surface area contributed by atoms with Gasteiger partial charge in [-0.05, 0) is 36.8 Å². The lowest BCUT2D eigenvalue weighted by atomic mass is 9.83. The average Bonchev–Trinajstić information content (AvgIpc) is 2.92. The number of nitrogens with zero attached hydrogens (tertiary/aromatic N) is 1. The van der Waals surface area contributed by atoms with Crippen molar-refractivity contribution >= 4 is 17.7 Å². The molecule has 6 heteroatoms. The third kappa shape index (κ3) is 3.76. The van der Waals surface area contributed by atoms with Crippen molar-refractivity contribution in [2.75, 3.05) is 6.54 Å². The lowest BCUT2D eigenvalue weighted by Gasteiger charge is -2.34. The van der Waals surface area contributed by atoms with E-state index < -0.39 is 17.9 Å². The predicted molar refractivity (Wildman–Crippen MR) is 103 cm³/mol. The molecule has 3 amide bonds. The monoisotopic (exact) mass is 371 g/mol. The molecule has 1 heterocycles. The SMILES string of the molecule is CC(C)C(C(=O)NC(CN)C1CCCCC1)N1C(=O)c2ccccc2C1=O. The molecule has 1 aromatic rings. The maximum Gasteiger partial charge on any atom is 0.262 e. The minimum absolute atomic E-state index is 0.116. The molecule has 3 N–H and O–H groups in total. The van der Waals surface area contributed by atoms with Crippen molar-refractivity contribution in [1.82, 2.24) is 10.2 Å². The van der Waals surface area contributed by atoms with Gasteiger partial charge in [0.1, 0.15) is 6.04 Å². The second kappa shape index (κ2) is 8.21. The Bertz CT molecular complexity index is 690. The van der Waals surface area contributed by atoms with Gasteiger partial charge in [0.15, 0.2) is 0 Å². The summed E-state index contributed by atoms with van der Waals surface area (Å²) in [5.74, 6) is -0.918. The highest BCUT2D eigenvalue weighted by molar-refractivity contribution is 6.22. The van der Waals surface area contributed by atoms with Crippen LogP contribution in [0.5, 0.6) is 0 Å². The minimum atomic E-state index is -0.838. The van der Waals surface area contributed by atoms with E-state index in [0.717, 1.165) is 30.6 Å². The molecule has 0 radical (unpaired) electrons. The van der Waals surface area contributed by atoms with Crippen molar-refractivity contribution in [3.8, 4) is 0 Å². The third-order valence-corrected chi connectivity index (χ3v) is 5.80. The molecule has 0 spiro atoms. The van der Waals surface area contributed by atoms with Crippen molar-refractivity contribution in [3.63, 3.8) is 0 Å².